The Morgan fingerprint density at radius 1 is 1.40 bits per heavy atom. The van der Waals surface area contributed by atoms with Gasteiger partial charge in [-0.25, -0.2) is 0 Å². The Hall–Kier alpha value is -0.503. The first kappa shape index (κ1) is 9.50. The van der Waals surface area contributed by atoms with Crippen molar-refractivity contribution in [2.24, 2.45) is 0 Å². The van der Waals surface area contributed by atoms with Gasteiger partial charge in [0.2, 0.25) is 8.32 Å². The van der Waals surface area contributed by atoms with Crippen LogP contribution in [0, 0.1) is 0 Å². The zero-order valence-electron chi connectivity index (χ0n) is 7.27. The van der Waals surface area contributed by atoms with Crippen molar-refractivity contribution >= 4 is 8.32 Å². The van der Waals surface area contributed by atoms with Crippen LogP contribution in [0.4, 0.5) is 0 Å². The van der Waals surface area contributed by atoms with Crippen LogP contribution < -0.4 is 0 Å². The number of allylic oxidation sites excluding steroid dienone is 2. The molecule has 0 saturated carbocycles. The molecule has 0 bridgehead atoms. The molecule has 0 rings (SSSR count). The summed E-state index contributed by atoms with van der Waals surface area (Å²) in [6.45, 7) is 12.1. The van der Waals surface area contributed by atoms with E-state index < -0.39 is 8.32 Å². The molecule has 0 aliphatic rings. The number of hydrogen-bond donors (Lipinski definition) is 0. The van der Waals surface area contributed by atoms with Gasteiger partial charge >= 0.3 is 0 Å². The highest BCUT2D eigenvalue weighted by atomic mass is 28.4. The third kappa shape index (κ3) is 4.38. The second kappa shape index (κ2) is 3.61. The maximum atomic E-state index is 5.62. The van der Waals surface area contributed by atoms with E-state index in [2.05, 4.69) is 26.2 Å². The van der Waals surface area contributed by atoms with E-state index in [-0.39, 0.29) is 0 Å². The lowest BCUT2D eigenvalue weighted by Gasteiger charge is -2.19. The molecule has 0 atom stereocenters. The highest BCUT2D eigenvalue weighted by Gasteiger charge is 2.15. The minimum absolute atomic E-state index is 0.902. The lowest BCUT2D eigenvalue weighted by molar-refractivity contribution is 0.441. The highest BCUT2D eigenvalue weighted by molar-refractivity contribution is 6.70. The van der Waals surface area contributed by atoms with Crippen molar-refractivity contribution in [2.75, 3.05) is 0 Å². The van der Waals surface area contributed by atoms with E-state index in [1.54, 1.807) is 6.08 Å². The maximum Gasteiger partial charge on any atom is 0.242 e. The van der Waals surface area contributed by atoms with Gasteiger partial charge in [0.25, 0.3) is 0 Å². The predicted octanol–water partition coefficient (Wildman–Crippen LogP) is 2.93. The number of hydrogen-bond acceptors (Lipinski definition) is 1. The standard InChI is InChI=1S/C8H16OSi/c1-6-8(7-2)9-10(3,4)5/h6-7H,1H2,2-5H3/b8-7-. The van der Waals surface area contributed by atoms with E-state index in [1.165, 1.54) is 0 Å². The second-order valence-electron chi connectivity index (χ2n) is 3.11. The van der Waals surface area contributed by atoms with Gasteiger partial charge in [0.1, 0.15) is 0 Å². The van der Waals surface area contributed by atoms with E-state index >= 15 is 0 Å². The second-order valence-corrected chi connectivity index (χ2v) is 7.54. The lowest BCUT2D eigenvalue weighted by Crippen LogP contribution is -2.24. The van der Waals surface area contributed by atoms with Crippen molar-refractivity contribution in [1.82, 2.24) is 0 Å². The van der Waals surface area contributed by atoms with E-state index in [0.717, 1.165) is 5.76 Å². The maximum absolute atomic E-state index is 5.62. The fourth-order valence-corrected chi connectivity index (χ4v) is 1.48. The van der Waals surface area contributed by atoms with Crippen LogP contribution in [0.1, 0.15) is 6.92 Å². The molecule has 0 saturated heterocycles. The molecule has 0 aromatic carbocycles. The molecule has 0 fully saturated rings. The predicted molar refractivity (Wildman–Crippen MR) is 48.4 cm³/mol. The average molecular weight is 156 g/mol. The summed E-state index contributed by atoms with van der Waals surface area (Å²) in [5.41, 5.74) is 0. The smallest absolute Gasteiger partial charge is 0.242 e. The summed E-state index contributed by atoms with van der Waals surface area (Å²) in [6, 6.07) is 0. The first-order valence-corrected chi connectivity index (χ1v) is 6.88. The van der Waals surface area contributed by atoms with Gasteiger partial charge < -0.3 is 4.43 Å². The largest absolute Gasteiger partial charge is 0.545 e. The van der Waals surface area contributed by atoms with Crippen LogP contribution in [0.5, 0.6) is 0 Å². The Balaban J connectivity index is 4.01. The van der Waals surface area contributed by atoms with Gasteiger partial charge in [-0.2, -0.15) is 0 Å². The first-order chi connectivity index (χ1) is 4.49. The quantitative estimate of drug-likeness (QED) is 0.347. The molecule has 0 N–H and O–H groups in total. The van der Waals surface area contributed by atoms with Crippen molar-refractivity contribution < 1.29 is 4.43 Å². The van der Waals surface area contributed by atoms with Crippen molar-refractivity contribution in [3.05, 3.63) is 24.5 Å². The van der Waals surface area contributed by atoms with Crippen molar-refractivity contribution in [2.45, 2.75) is 26.6 Å². The molecule has 0 aliphatic heterocycles. The topological polar surface area (TPSA) is 9.23 Å². The molecule has 0 radical (unpaired) electrons. The van der Waals surface area contributed by atoms with Gasteiger partial charge in [-0.15, -0.1) is 0 Å². The monoisotopic (exact) mass is 156 g/mol. The van der Waals surface area contributed by atoms with Gasteiger partial charge in [-0.1, -0.05) is 6.58 Å². The summed E-state index contributed by atoms with van der Waals surface area (Å²) in [4.78, 5) is 0. The molecule has 2 heteroatoms. The Labute approximate surface area is 64.5 Å². The van der Waals surface area contributed by atoms with Crippen LogP contribution in [0.2, 0.25) is 19.6 Å². The fourth-order valence-electron chi connectivity index (χ4n) is 0.572. The van der Waals surface area contributed by atoms with Crippen LogP contribution in [0.3, 0.4) is 0 Å². The lowest BCUT2D eigenvalue weighted by atomic mass is 10.5. The van der Waals surface area contributed by atoms with Gasteiger partial charge in [-0.05, 0) is 38.7 Å². The van der Waals surface area contributed by atoms with Crippen LogP contribution in [-0.2, 0) is 4.43 Å². The summed E-state index contributed by atoms with van der Waals surface area (Å²) in [7, 11) is -1.40. The zero-order valence-corrected chi connectivity index (χ0v) is 8.27. The van der Waals surface area contributed by atoms with Crippen LogP contribution in [-0.4, -0.2) is 8.32 Å². The Morgan fingerprint density at radius 2 is 1.90 bits per heavy atom. The van der Waals surface area contributed by atoms with Gasteiger partial charge in [0, 0.05) is 0 Å². The third-order valence-electron chi connectivity index (χ3n) is 0.910. The Bertz CT molecular complexity index is 142. The minimum atomic E-state index is -1.40. The van der Waals surface area contributed by atoms with Crippen LogP contribution >= 0.6 is 0 Å². The van der Waals surface area contributed by atoms with Crippen molar-refractivity contribution in [3.8, 4) is 0 Å². The highest BCUT2D eigenvalue weighted by Crippen LogP contribution is 2.10. The summed E-state index contributed by atoms with van der Waals surface area (Å²) < 4.78 is 5.62. The van der Waals surface area contributed by atoms with Gasteiger partial charge in [-0.3, -0.25) is 0 Å². The summed E-state index contributed by atoms with van der Waals surface area (Å²) in [5, 5.41) is 0. The molecule has 0 unspecified atom stereocenters. The fraction of sp³-hybridized carbons (Fsp3) is 0.500. The Kier molecular flexibility index (Phi) is 3.43. The minimum Gasteiger partial charge on any atom is -0.545 e. The molecule has 0 spiro atoms. The van der Waals surface area contributed by atoms with Crippen LogP contribution in [0.15, 0.2) is 24.5 Å². The summed E-state index contributed by atoms with van der Waals surface area (Å²) in [6.07, 6.45) is 3.68. The first-order valence-electron chi connectivity index (χ1n) is 3.47. The zero-order chi connectivity index (χ0) is 8.20. The summed E-state index contributed by atoms with van der Waals surface area (Å²) >= 11 is 0. The normalized spacial score (nSPS) is 13.0. The molecular formula is C8H16OSi. The molecular weight excluding hydrogens is 140 g/mol. The Morgan fingerprint density at radius 3 is 2.00 bits per heavy atom. The molecule has 1 nitrogen and oxygen atoms in total. The van der Waals surface area contributed by atoms with E-state index in [1.807, 2.05) is 13.0 Å². The number of rotatable bonds is 3. The third-order valence-corrected chi connectivity index (χ3v) is 1.76. The molecule has 0 aromatic rings. The van der Waals surface area contributed by atoms with Crippen molar-refractivity contribution in [1.29, 1.82) is 0 Å². The van der Waals surface area contributed by atoms with Crippen LogP contribution in [0.25, 0.3) is 0 Å². The summed E-state index contributed by atoms with van der Waals surface area (Å²) in [5.74, 6) is 0.902. The molecule has 10 heavy (non-hydrogen) atoms. The van der Waals surface area contributed by atoms with E-state index in [0.29, 0.717) is 0 Å². The van der Waals surface area contributed by atoms with E-state index in [9.17, 15) is 0 Å². The molecule has 0 aliphatic carbocycles. The van der Waals surface area contributed by atoms with Gasteiger partial charge in [0.15, 0.2) is 0 Å². The van der Waals surface area contributed by atoms with Crippen molar-refractivity contribution in [3.63, 3.8) is 0 Å². The SMILES string of the molecule is C=C/C(=C/C)O[Si](C)(C)C. The van der Waals surface area contributed by atoms with Gasteiger partial charge in [0.05, 0.1) is 5.76 Å². The molecule has 0 amide bonds. The molecule has 58 valence electrons. The molecule has 0 aromatic heterocycles. The van der Waals surface area contributed by atoms with E-state index in [4.69, 9.17) is 4.43 Å². The average Bonchev–Trinajstić information content (AvgIpc) is 1.81. The molecule has 0 heterocycles.